The monoisotopic (exact) mass is 259 g/mol. The molecule has 0 spiro atoms. The van der Waals surface area contributed by atoms with Crippen molar-refractivity contribution in [3.8, 4) is 0 Å². The van der Waals surface area contributed by atoms with Gasteiger partial charge in [0.05, 0.1) is 0 Å². The lowest BCUT2D eigenvalue weighted by Crippen LogP contribution is -2.44. The normalized spacial score (nSPS) is 11.8. The highest BCUT2D eigenvalue weighted by molar-refractivity contribution is 5.98. The molecule has 0 radical (unpaired) electrons. The van der Waals surface area contributed by atoms with Gasteiger partial charge >= 0.3 is 0 Å². The van der Waals surface area contributed by atoms with E-state index >= 15 is 0 Å². The number of hydrogen-bond donors (Lipinski definition) is 2. The maximum atomic E-state index is 12.5. The molecule has 1 aromatic carbocycles. The summed E-state index contributed by atoms with van der Waals surface area (Å²) in [4.78, 5) is 17.4. The minimum absolute atomic E-state index is 0.00150. The van der Waals surface area contributed by atoms with Gasteiger partial charge in [0, 0.05) is 29.2 Å². The van der Waals surface area contributed by atoms with E-state index in [1.165, 1.54) is 0 Å². The summed E-state index contributed by atoms with van der Waals surface area (Å²) < 4.78 is 0. The fourth-order valence-electron chi connectivity index (χ4n) is 1.96. The summed E-state index contributed by atoms with van der Waals surface area (Å²) in [5, 5.41) is 0.964. The third-order valence-corrected chi connectivity index (χ3v) is 3.95. The summed E-state index contributed by atoms with van der Waals surface area (Å²) in [6.07, 6.45) is 0.905. The van der Waals surface area contributed by atoms with Crippen LogP contribution in [0.15, 0.2) is 24.3 Å². The molecule has 2 rings (SSSR count). The zero-order valence-electron chi connectivity index (χ0n) is 11.9. The zero-order chi connectivity index (χ0) is 14.2. The summed E-state index contributed by atoms with van der Waals surface area (Å²) in [6.45, 7) is 6.20. The van der Waals surface area contributed by atoms with Crippen LogP contribution in [0.1, 0.15) is 37.7 Å². The first-order valence-electron chi connectivity index (χ1n) is 6.51. The largest absolute Gasteiger partial charge is 0.399 e. The fraction of sp³-hybridized carbons (Fsp3) is 0.400. The first-order valence-corrected chi connectivity index (χ1v) is 6.51. The van der Waals surface area contributed by atoms with Crippen LogP contribution in [-0.4, -0.2) is 28.4 Å². The van der Waals surface area contributed by atoms with Crippen molar-refractivity contribution in [3.05, 3.63) is 30.0 Å². The van der Waals surface area contributed by atoms with Crippen LogP contribution in [0.5, 0.6) is 0 Å². The number of carbonyl (C=O) groups excluding carboxylic acids is 1. The molecule has 0 fully saturated rings. The Morgan fingerprint density at radius 2 is 2.05 bits per heavy atom. The van der Waals surface area contributed by atoms with Crippen molar-refractivity contribution in [1.29, 1.82) is 0 Å². The highest BCUT2D eigenvalue weighted by Crippen LogP contribution is 2.22. The van der Waals surface area contributed by atoms with Gasteiger partial charge in [-0.1, -0.05) is 6.92 Å². The van der Waals surface area contributed by atoms with Gasteiger partial charge in [0.2, 0.25) is 0 Å². The number of nitrogen functional groups attached to an aromatic ring is 1. The molecule has 0 aliphatic rings. The van der Waals surface area contributed by atoms with Gasteiger partial charge in [0.1, 0.15) is 5.69 Å². The number of aromatic amines is 1. The minimum Gasteiger partial charge on any atom is -0.399 e. The van der Waals surface area contributed by atoms with Crippen molar-refractivity contribution in [3.63, 3.8) is 0 Å². The third-order valence-electron chi connectivity index (χ3n) is 3.95. The van der Waals surface area contributed by atoms with Crippen LogP contribution in [0.2, 0.25) is 0 Å². The molecule has 3 N–H and O–H groups in total. The Morgan fingerprint density at radius 1 is 1.37 bits per heavy atom. The number of nitrogens with one attached hydrogen (secondary N) is 1. The van der Waals surface area contributed by atoms with Crippen LogP contribution in [0.25, 0.3) is 10.9 Å². The number of hydrogen-bond acceptors (Lipinski definition) is 2. The predicted molar refractivity (Wildman–Crippen MR) is 79.2 cm³/mol. The number of anilines is 1. The van der Waals surface area contributed by atoms with Crippen LogP contribution in [0, 0.1) is 0 Å². The summed E-state index contributed by atoms with van der Waals surface area (Å²) in [7, 11) is 1.84. The van der Waals surface area contributed by atoms with Crippen LogP contribution >= 0.6 is 0 Å². The van der Waals surface area contributed by atoms with E-state index in [1.54, 1.807) is 4.90 Å². The number of aromatic nitrogens is 1. The molecule has 102 valence electrons. The number of fused-ring (bicyclic) bond motifs is 1. The van der Waals surface area contributed by atoms with Gasteiger partial charge in [-0.2, -0.15) is 0 Å². The average Bonchev–Trinajstić information content (AvgIpc) is 2.79. The quantitative estimate of drug-likeness (QED) is 0.832. The minimum atomic E-state index is -0.159. The van der Waals surface area contributed by atoms with Gasteiger partial charge in [-0.05, 0) is 44.5 Å². The molecule has 19 heavy (non-hydrogen) atoms. The molecular formula is C15H21N3O. The Hall–Kier alpha value is -1.97. The van der Waals surface area contributed by atoms with E-state index in [2.05, 4.69) is 25.8 Å². The summed E-state index contributed by atoms with van der Waals surface area (Å²) in [6, 6.07) is 7.45. The Balaban J connectivity index is 2.36. The van der Waals surface area contributed by atoms with Gasteiger partial charge in [-0.3, -0.25) is 4.79 Å². The maximum absolute atomic E-state index is 12.5. The number of benzene rings is 1. The molecule has 0 saturated heterocycles. The smallest absolute Gasteiger partial charge is 0.270 e. The molecule has 1 heterocycles. The second-order valence-corrected chi connectivity index (χ2v) is 5.56. The molecule has 0 saturated carbocycles. The standard InChI is InChI=1S/C15H21N3O/c1-5-15(2,3)18(4)14(19)13-9-10-8-11(16)6-7-12(10)17-13/h6-9,17H,5,16H2,1-4H3. The first kappa shape index (κ1) is 13.5. The molecule has 1 aromatic heterocycles. The molecule has 2 aromatic rings. The van der Waals surface area contributed by atoms with Crippen molar-refractivity contribution < 1.29 is 4.79 Å². The lowest BCUT2D eigenvalue weighted by molar-refractivity contribution is 0.0615. The van der Waals surface area contributed by atoms with Gasteiger partial charge in [0.15, 0.2) is 0 Å². The van der Waals surface area contributed by atoms with Gasteiger partial charge in [0.25, 0.3) is 5.91 Å². The SMILES string of the molecule is CCC(C)(C)N(C)C(=O)c1cc2cc(N)ccc2[nH]1. The second-order valence-electron chi connectivity index (χ2n) is 5.56. The number of carbonyl (C=O) groups is 1. The Kier molecular flexibility index (Phi) is 3.27. The topological polar surface area (TPSA) is 62.1 Å². The average molecular weight is 259 g/mol. The second kappa shape index (κ2) is 4.61. The van der Waals surface area contributed by atoms with Crippen LogP contribution in [-0.2, 0) is 0 Å². The summed E-state index contributed by atoms with van der Waals surface area (Å²) >= 11 is 0. The molecule has 1 amide bonds. The van der Waals surface area contributed by atoms with Crippen LogP contribution in [0.3, 0.4) is 0 Å². The zero-order valence-corrected chi connectivity index (χ0v) is 11.9. The molecular weight excluding hydrogens is 238 g/mol. The molecule has 0 atom stereocenters. The van der Waals surface area contributed by atoms with E-state index < -0.39 is 0 Å². The lowest BCUT2D eigenvalue weighted by Gasteiger charge is -2.34. The number of rotatable bonds is 3. The number of H-pyrrole nitrogens is 1. The molecule has 0 unspecified atom stereocenters. The van der Waals surface area contributed by atoms with E-state index in [0.717, 1.165) is 17.3 Å². The fourth-order valence-corrected chi connectivity index (χ4v) is 1.96. The van der Waals surface area contributed by atoms with Gasteiger partial charge < -0.3 is 15.6 Å². The molecule has 0 aliphatic carbocycles. The van der Waals surface area contributed by atoms with Gasteiger partial charge in [-0.25, -0.2) is 0 Å². The molecule has 4 nitrogen and oxygen atoms in total. The number of nitrogens with zero attached hydrogens (tertiary/aromatic N) is 1. The Morgan fingerprint density at radius 3 is 2.68 bits per heavy atom. The maximum Gasteiger partial charge on any atom is 0.270 e. The highest BCUT2D eigenvalue weighted by Gasteiger charge is 2.27. The van der Waals surface area contributed by atoms with Crippen molar-refractivity contribution in [2.24, 2.45) is 0 Å². The summed E-state index contributed by atoms with van der Waals surface area (Å²) in [5.41, 5.74) is 7.83. The van der Waals surface area contributed by atoms with E-state index in [0.29, 0.717) is 11.4 Å². The Bertz CT molecular complexity index is 613. The number of nitrogens with two attached hydrogens (primary N) is 1. The first-order chi connectivity index (χ1) is 8.85. The number of amides is 1. The molecule has 0 aliphatic heterocycles. The van der Waals surface area contributed by atoms with Crippen LogP contribution < -0.4 is 5.73 Å². The Labute approximate surface area is 113 Å². The highest BCUT2D eigenvalue weighted by atomic mass is 16.2. The lowest BCUT2D eigenvalue weighted by atomic mass is 9.99. The molecule has 4 heteroatoms. The van der Waals surface area contributed by atoms with Crippen molar-refractivity contribution in [2.75, 3.05) is 12.8 Å². The van der Waals surface area contributed by atoms with E-state index in [1.807, 2.05) is 31.3 Å². The van der Waals surface area contributed by atoms with Crippen molar-refractivity contribution in [1.82, 2.24) is 9.88 Å². The molecule has 0 bridgehead atoms. The summed E-state index contributed by atoms with van der Waals surface area (Å²) in [5.74, 6) is 0.00150. The predicted octanol–water partition coefficient (Wildman–Crippen LogP) is 3.01. The van der Waals surface area contributed by atoms with Crippen molar-refractivity contribution >= 4 is 22.5 Å². The van der Waals surface area contributed by atoms with Gasteiger partial charge in [-0.15, -0.1) is 0 Å². The van der Waals surface area contributed by atoms with Crippen molar-refractivity contribution in [2.45, 2.75) is 32.7 Å². The van der Waals surface area contributed by atoms with E-state index in [-0.39, 0.29) is 11.4 Å². The van der Waals surface area contributed by atoms with E-state index in [4.69, 9.17) is 5.73 Å². The third kappa shape index (κ3) is 2.43. The van der Waals surface area contributed by atoms with Crippen LogP contribution in [0.4, 0.5) is 5.69 Å². The van der Waals surface area contributed by atoms with E-state index in [9.17, 15) is 4.79 Å².